The zero-order valence-corrected chi connectivity index (χ0v) is 15.4. The van der Waals surface area contributed by atoms with E-state index in [0.717, 1.165) is 17.8 Å². The van der Waals surface area contributed by atoms with Crippen LogP contribution in [0.2, 0.25) is 0 Å². The Morgan fingerprint density at radius 3 is 2.75 bits per heavy atom. The van der Waals surface area contributed by atoms with Gasteiger partial charge in [0.25, 0.3) is 5.91 Å². The lowest BCUT2D eigenvalue weighted by atomic mass is 10.0. The van der Waals surface area contributed by atoms with E-state index in [-0.39, 0.29) is 5.91 Å². The highest BCUT2D eigenvalue weighted by atomic mass is 32.2. The molecule has 2 aliphatic carbocycles. The molecule has 0 radical (unpaired) electrons. The van der Waals surface area contributed by atoms with Gasteiger partial charge in [-0.1, -0.05) is 11.9 Å². The summed E-state index contributed by atoms with van der Waals surface area (Å²) in [6.07, 6.45) is 8.60. The molecule has 4 nitrogen and oxygen atoms in total. The first-order valence-electron chi connectivity index (χ1n) is 9.24. The zero-order chi connectivity index (χ0) is 16.5. The fraction of sp³-hybridized carbons (Fsp3) is 0.684. The number of carbonyl (C=O) groups is 1. The Balaban J connectivity index is 1.50. The molecule has 0 bridgehead atoms. The third-order valence-corrected chi connectivity index (χ3v) is 7.26. The van der Waals surface area contributed by atoms with Crippen LogP contribution in [0.3, 0.4) is 0 Å². The molecule has 128 valence electrons. The van der Waals surface area contributed by atoms with Crippen molar-refractivity contribution in [3.63, 3.8) is 0 Å². The standard InChI is InChI=1S/C19H25N3OS/c1-12(21-8-7-19(11-21)5-6-19)16-9-14-15(10-22(24-2)18(14)23)17(20-16)13-3-4-13/h9,12-13H,3-8,10-11H2,1-2H3. The molecule has 3 heterocycles. The number of aromatic nitrogens is 1. The van der Waals surface area contributed by atoms with E-state index in [1.165, 1.54) is 68.4 Å². The maximum atomic E-state index is 12.7. The maximum absolute atomic E-state index is 12.7. The molecule has 4 aliphatic rings. The molecule has 2 saturated carbocycles. The van der Waals surface area contributed by atoms with E-state index in [0.29, 0.717) is 17.4 Å². The van der Waals surface area contributed by atoms with Gasteiger partial charge in [-0.05, 0) is 57.1 Å². The third-order valence-electron chi connectivity index (χ3n) is 6.52. The SMILES string of the molecule is CSN1Cc2c(cc(C(C)N3CCC4(CC4)C3)nc2C2CC2)C1=O. The van der Waals surface area contributed by atoms with Crippen LogP contribution in [0.5, 0.6) is 0 Å². The molecule has 5 rings (SSSR count). The van der Waals surface area contributed by atoms with Crippen LogP contribution < -0.4 is 0 Å². The summed E-state index contributed by atoms with van der Waals surface area (Å²) >= 11 is 1.53. The number of nitrogens with zero attached hydrogens (tertiary/aromatic N) is 3. The number of fused-ring (bicyclic) bond motifs is 1. The molecule has 1 aromatic rings. The lowest BCUT2D eigenvalue weighted by Crippen LogP contribution is -2.26. The van der Waals surface area contributed by atoms with Gasteiger partial charge in [-0.2, -0.15) is 0 Å². The first kappa shape index (κ1) is 15.2. The van der Waals surface area contributed by atoms with Gasteiger partial charge < -0.3 is 0 Å². The van der Waals surface area contributed by atoms with E-state index in [1.54, 1.807) is 0 Å². The summed E-state index contributed by atoms with van der Waals surface area (Å²) in [4.78, 5) is 20.4. The van der Waals surface area contributed by atoms with Crippen LogP contribution in [0.1, 0.15) is 78.3 Å². The van der Waals surface area contributed by atoms with E-state index < -0.39 is 0 Å². The van der Waals surface area contributed by atoms with Crippen molar-refractivity contribution in [1.29, 1.82) is 0 Å². The second-order valence-corrected chi connectivity index (χ2v) is 8.96. The number of hydrogen-bond donors (Lipinski definition) is 0. The first-order chi connectivity index (χ1) is 11.6. The Kier molecular flexibility index (Phi) is 3.30. The smallest absolute Gasteiger partial charge is 0.264 e. The number of amides is 1. The second kappa shape index (κ2) is 5.21. The van der Waals surface area contributed by atoms with Gasteiger partial charge in [0.1, 0.15) is 0 Å². The van der Waals surface area contributed by atoms with Crippen LogP contribution in [0.15, 0.2) is 6.07 Å². The third kappa shape index (κ3) is 2.31. The summed E-state index contributed by atoms with van der Waals surface area (Å²) in [5.74, 6) is 0.768. The molecule has 1 spiro atoms. The van der Waals surface area contributed by atoms with Gasteiger partial charge in [-0.15, -0.1) is 0 Å². The number of carbonyl (C=O) groups excluding carboxylic acids is 1. The fourth-order valence-corrected chi connectivity index (χ4v) is 4.97. The van der Waals surface area contributed by atoms with E-state index in [9.17, 15) is 4.79 Å². The Morgan fingerprint density at radius 1 is 1.33 bits per heavy atom. The molecule has 1 atom stereocenters. The Morgan fingerprint density at radius 2 is 2.12 bits per heavy atom. The summed E-state index contributed by atoms with van der Waals surface area (Å²) in [6, 6.07) is 2.42. The van der Waals surface area contributed by atoms with Crippen molar-refractivity contribution in [3.8, 4) is 0 Å². The molecule has 1 aromatic heterocycles. The molecular weight excluding hydrogens is 318 g/mol. The minimum absolute atomic E-state index is 0.176. The normalized spacial score (nSPS) is 26.2. The monoisotopic (exact) mass is 343 g/mol. The zero-order valence-electron chi connectivity index (χ0n) is 14.5. The highest BCUT2D eigenvalue weighted by Gasteiger charge is 2.48. The highest BCUT2D eigenvalue weighted by Crippen LogP contribution is 2.54. The number of rotatable bonds is 4. The average Bonchev–Trinajstić information content (AvgIpc) is 3.48. The van der Waals surface area contributed by atoms with Gasteiger partial charge in [0.05, 0.1) is 12.2 Å². The van der Waals surface area contributed by atoms with Gasteiger partial charge in [-0.3, -0.25) is 19.0 Å². The minimum Gasteiger partial charge on any atom is -0.294 e. The van der Waals surface area contributed by atoms with Crippen LogP contribution >= 0.6 is 11.9 Å². The van der Waals surface area contributed by atoms with Gasteiger partial charge in [-0.25, -0.2) is 0 Å². The second-order valence-electron chi connectivity index (χ2n) is 8.15. The van der Waals surface area contributed by atoms with Crippen LogP contribution in [-0.2, 0) is 6.54 Å². The minimum atomic E-state index is 0.176. The molecule has 0 N–H and O–H groups in total. The number of likely N-dealkylation sites (tertiary alicyclic amines) is 1. The lowest BCUT2D eigenvalue weighted by molar-refractivity contribution is 0.0889. The summed E-state index contributed by atoms with van der Waals surface area (Å²) in [5, 5.41) is 0. The van der Waals surface area contributed by atoms with E-state index in [1.807, 2.05) is 10.6 Å². The average molecular weight is 343 g/mol. The largest absolute Gasteiger partial charge is 0.294 e. The molecular formula is C19H25N3OS. The summed E-state index contributed by atoms with van der Waals surface area (Å²) in [6.45, 7) is 5.41. The first-order valence-corrected chi connectivity index (χ1v) is 10.4. The van der Waals surface area contributed by atoms with Crippen molar-refractivity contribution in [3.05, 3.63) is 28.6 Å². The molecule has 24 heavy (non-hydrogen) atoms. The topological polar surface area (TPSA) is 36.4 Å². The summed E-state index contributed by atoms with van der Waals surface area (Å²) in [7, 11) is 0. The molecule has 1 amide bonds. The van der Waals surface area contributed by atoms with Gasteiger partial charge in [0.15, 0.2) is 0 Å². The highest BCUT2D eigenvalue weighted by molar-refractivity contribution is 7.96. The molecule has 0 aromatic carbocycles. The molecule has 1 unspecified atom stereocenters. The number of hydrogen-bond acceptors (Lipinski definition) is 4. The molecule has 2 aliphatic heterocycles. The Bertz CT molecular complexity index is 711. The van der Waals surface area contributed by atoms with Crippen LogP contribution in [0, 0.1) is 5.41 Å². The van der Waals surface area contributed by atoms with Crippen molar-refractivity contribution in [2.45, 2.75) is 57.5 Å². The van der Waals surface area contributed by atoms with Crippen LogP contribution in [-0.4, -0.2) is 39.4 Å². The van der Waals surface area contributed by atoms with Crippen molar-refractivity contribution in [2.75, 3.05) is 19.3 Å². The van der Waals surface area contributed by atoms with Gasteiger partial charge in [0, 0.05) is 41.6 Å². The predicted molar refractivity (Wildman–Crippen MR) is 95.9 cm³/mol. The Labute approximate surface area is 148 Å². The quantitative estimate of drug-likeness (QED) is 0.781. The molecule has 3 fully saturated rings. The maximum Gasteiger partial charge on any atom is 0.264 e. The summed E-state index contributed by atoms with van der Waals surface area (Å²) < 4.78 is 1.88. The van der Waals surface area contributed by atoms with Crippen LogP contribution in [0.25, 0.3) is 0 Å². The van der Waals surface area contributed by atoms with Crippen molar-refractivity contribution in [2.24, 2.45) is 5.41 Å². The molecule has 5 heteroatoms. The van der Waals surface area contributed by atoms with Gasteiger partial charge in [0.2, 0.25) is 0 Å². The van der Waals surface area contributed by atoms with E-state index in [2.05, 4.69) is 17.9 Å². The van der Waals surface area contributed by atoms with Gasteiger partial charge >= 0.3 is 0 Å². The van der Waals surface area contributed by atoms with Crippen molar-refractivity contribution < 1.29 is 4.79 Å². The lowest BCUT2D eigenvalue weighted by Gasteiger charge is -2.25. The number of pyridine rings is 1. The predicted octanol–water partition coefficient (Wildman–Crippen LogP) is 3.74. The van der Waals surface area contributed by atoms with Crippen molar-refractivity contribution in [1.82, 2.24) is 14.2 Å². The van der Waals surface area contributed by atoms with E-state index in [4.69, 9.17) is 4.98 Å². The van der Waals surface area contributed by atoms with Crippen molar-refractivity contribution >= 4 is 17.9 Å². The van der Waals surface area contributed by atoms with Crippen LogP contribution in [0.4, 0.5) is 0 Å². The molecule has 1 saturated heterocycles. The summed E-state index contributed by atoms with van der Waals surface area (Å²) in [5.41, 5.74) is 5.09. The van der Waals surface area contributed by atoms with E-state index >= 15 is 0 Å². The Hall–Kier alpha value is -1.07. The fourth-order valence-electron chi connectivity index (χ4n) is 4.45.